The van der Waals surface area contributed by atoms with Crippen LogP contribution in [0, 0.1) is 0 Å². The van der Waals surface area contributed by atoms with Gasteiger partial charge in [-0.05, 0) is 24.4 Å². The second kappa shape index (κ2) is 4.24. The summed E-state index contributed by atoms with van der Waals surface area (Å²) in [6.45, 7) is 3.38. The van der Waals surface area contributed by atoms with Crippen molar-refractivity contribution >= 4 is 17.4 Å². The van der Waals surface area contributed by atoms with Gasteiger partial charge in [0.2, 0.25) is 0 Å². The Hall–Kier alpha value is -1.01. The van der Waals surface area contributed by atoms with Gasteiger partial charge in [0.05, 0.1) is 5.69 Å². The molecule has 1 saturated heterocycles. The molecule has 0 aromatic carbocycles. The van der Waals surface area contributed by atoms with Crippen LogP contribution >= 0.6 is 11.5 Å². The van der Waals surface area contributed by atoms with Gasteiger partial charge >= 0.3 is 0 Å². The van der Waals surface area contributed by atoms with Crippen LogP contribution in [0.5, 0.6) is 0 Å². The predicted octanol–water partition coefficient (Wildman–Crippen LogP) is 0.274. The van der Waals surface area contributed by atoms with Crippen molar-refractivity contribution in [2.24, 2.45) is 5.73 Å². The molecule has 0 unspecified atom stereocenters. The molecular formula is C9H14N4OS. The van der Waals surface area contributed by atoms with Gasteiger partial charge in [-0.3, -0.25) is 4.79 Å². The quantitative estimate of drug-likeness (QED) is 0.786. The van der Waals surface area contributed by atoms with E-state index in [4.69, 9.17) is 5.73 Å². The maximum atomic E-state index is 12.0. The lowest BCUT2D eigenvalue weighted by atomic mass is 10.3. The van der Waals surface area contributed by atoms with E-state index in [0.29, 0.717) is 11.4 Å². The highest BCUT2D eigenvalue weighted by Gasteiger charge is 2.27. The predicted molar refractivity (Wildman–Crippen MR) is 57.8 cm³/mol. The molecule has 0 spiro atoms. The molecule has 1 amide bonds. The molecule has 1 aliphatic heterocycles. The maximum Gasteiger partial charge on any atom is 0.267 e. The number of amides is 1. The highest BCUT2D eigenvalue weighted by Crippen LogP contribution is 2.17. The van der Waals surface area contributed by atoms with E-state index < -0.39 is 0 Å². The number of carbonyl (C=O) groups excluding carboxylic acids is 1. The van der Waals surface area contributed by atoms with Crippen molar-refractivity contribution in [3.63, 3.8) is 0 Å². The third kappa shape index (κ3) is 2.00. The largest absolute Gasteiger partial charge is 0.336 e. The molecule has 15 heavy (non-hydrogen) atoms. The van der Waals surface area contributed by atoms with Gasteiger partial charge in [0.25, 0.3) is 5.91 Å². The topological polar surface area (TPSA) is 72.1 Å². The normalized spacial score (nSPS) is 20.9. The van der Waals surface area contributed by atoms with Gasteiger partial charge < -0.3 is 10.6 Å². The van der Waals surface area contributed by atoms with Crippen LogP contribution in [-0.4, -0.2) is 39.5 Å². The van der Waals surface area contributed by atoms with Crippen LogP contribution < -0.4 is 5.73 Å². The molecule has 1 fully saturated rings. The molecule has 1 aliphatic rings. The lowest BCUT2D eigenvalue weighted by molar-refractivity contribution is 0.0794. The summed E-state index contributed by atoms with van der Waals surface area (Å²) in [6, 6.07) is 0.125. The first kappa shape index (κ1) is 10.5. The molecule has 2 heterocycles. The molecule has 0 bridgehead atoms. The molecular weight excluding hydrogens is 212 g/mol. The number of nitrogens with zero attached hydrogens (tertiary/aromatic N) is 3. The Balaban J connectivity index is 2.14. The van der Waals surface area contributed by atoms with Crippen molar-refractivity contribution in [2.45, 2.75) is 25.8 Å². The number of likely N-dealkylation sites (tertiary alicyclic amines) is 1. The summed E-state index contributed by atoms with van der Waals surface area (Å²) in [5.41, 5.74) is 6.56. The maximum absolute atomic E-state index is 12.0. The number of hydrogen-bond acceptors (Lipinski definition) is 5. The van der Waals surface area contributed by atoms with Gasteiger partial charge in [-0.25, -0.2) is 0 Å². The summed E-state index contributed by atoms with van der Waals surface area (Å²) in [7, 11) is 0. The molecule has 1 aromatic rings. The first-order valence-electron chi connectivity index (χ1n) is 5.08. The lowest BCUT2D eigenvalue weighted by Crippen LogP contribution is -2.31. The van der Waals surface area contributed by atoms with Crippen molar-refractivity contribution in [3.05, 3.63) is 10.6 Å². The molecule has 0 radical (unpaired) electrons. The van der Waals surface area contributed by atoms with Crippen molar-refractivity contribution in [1.29, 1.82) is 0 Å². The standard InChI is InChI=1S/C9H14N4OS/c1-2-7-8(15-12-11-7)9(14)13-4-3-6(10)5-13/h6H,2-5,10H2,1H3/t6-/m0/s1. The molecule has 0 saturated carbocycles. The zero-order chi connectivity index (χ0) is 10.8. The number of nitrogens with two attached hydrogens (primary N) is 1. The zero-order valence-corrected chi connectivity index (χ0v) is 9.46. The van der Waals surface area contributed by atoms with Crippen LogP contribution in [-0.2, 0) is 6.42 Å². The van der Waals surface area contributed by atoms with E-state index >= 15 is 0 Å². The van der Waals surface area contributed by atoms with E-state index in [-0.39, 0.29) is 11.9 Å². The first-order valence-corrected chi connectivity index (χ1v) is 5.85. The Kier molecular flexibility index (Phi) is 2.97. The average Bonchev–Trinajstić information content (AvgIpc) is 2.84. The summed E-state index contributed by atoms with van der Waals surface area (Å²) in [5, 5.41) is 3.94. The second-order valence-corrected chi connectivity index (χ2v) is 4.46. The monoisotopic (exact) mass is 226 g/mol. The third-order valence-electron chi connectivity index (χ3n) is 2.60. The minimum Gasteiger partial charge on any atom is -0.336 e. The molecule has 2 rings (SSSR count). The van der Waals surface area contributed by atoms with Crippen LogP contribution in [0.4, 0.5) is 0 Å². The van der Waals surface area contributed by atoms with Crippen LogP contribution in [0.25, 0.3) is 0 Å². The van der Waals surface area contributed by atoms with Gasteiger partial charge in [0, 0.05) is 19.1 Å². The van der Waals surface area contributed by atoms with Crippen LogP contribution in [0.15, 0.2) is 0 Å². The Morgan fingerprint density at radius 3 is 3.13 bits per heavy atom. The van der Waals surface area contributed by atoms with E-state index in [1.54, 1.807) is 4.90 Å². The van der Waals surface area contributed by atoms with Crippen LogP contribution in [0.3, 0.4) is 0 Å². The Morgan fingerprint density at radius 2 is 2.53 bits per heavy atom. The van der Waals surface area contributed by atoms with Gasteiger partial charge in [0.15, 0.2) is 0 Å². The average molecular weight is 226 g/mol. The lowest BCUT2D eigenvalue weighted by Gasteiger charge is -2.14. The van der Waals surface area contributed by atoms with Crippen molar-refractivity contribution in [3.8, 4) is 0 Å². The number of aromatic nitrogens is 2. The van der Waals surface area contributed by atoms with E-state index in [2.05, 4.69) is 9.59 Å². The minimum absolute atomic E-state index is 0.0369. The fourth-order valence-corrected chi connectivity index (χ4v) is 2.44. The van der Waals surface area contributed by atoms with Gasteiger partial charge in [-0.2, -0.15) is 0 Å². The van der Waals surface area contributed by atoms with E-state index in [1.807, 2.05) is 6.92 Å². The number of carbonyl (C=O) groups is 1. The number of aryl methyl sites for hydroxylation is 1. The summed E-state index contributed by atoms with van der Waals surface area (Å²) in [5.74, 6) is 0.0369. The highest BCUT2D eigenvalue weighted by atomic mass is 32.1. The molecule has 5 nitrogen and oxygen atoms in total. The van der Waals surface area contributed by atoms with E-state index in [0.717, 1.165) is 25.1 Å². The molecule has 1 atom stereocenters. The van der Waals surface area contributed by atoms with E-state index in [1.165, 1.54) is 11.5 Å². The SMILES string of the molecule is CCc1nnsc1C(=O)N1CC[C@H](N)C1. The molecule has 82 valence electrons. The van der Waals surface area contributed by atoms with Gasteiger partial charge in [0.1, 0.15) is 4.88 Å². The van der Waals surface area contributed by atoms with Gasteiger partial charge in [-0.1, -0.05) is 11.4 Å². The highest BCUT2D eigenvalue weighted by molar-refractivity contribution is 7.08. The van der Waals surface area contributed by atoms with Crippen molar-refractivity contribution in [2.75, 3.05) is 13.1 Å². The fraction of sp³-hybridized carbons (Fsp3) is 0.667. The summed E-state index contributed by atoms with van der Waals surface area (Å²) in [4.78, 5) is 14.5. The molecule has 0 aliphatic carbocycles. The van der Waals surface area contributed by atoms with Gasteiger partial charge in [-0.15, -0.1) is 5.10 Å². The summed E-state index contributed by atoms with van der Waals surface area (Å²) in [6.07, 6.45) is 1.64. The first-order chi connectivity index (χ1) is 7.22. The van der Waals surface area contributed by atoms with E-state index in [9.17, 15) is 4.79 Å². The summed E-state index contributed by atoms with van der Waals surface area (Å²) < 4.78 is 3.82. The molecule has 2 N–H and O–H groups in total. The number of rotatable bonds is 2. The Bertz CT molecular complexity index is 365. The second-order valence-electron chi connectivity index (χ2n) is 3.70. The summed E-state index contributed by atoms with van der Waals surface area (Å²) >= 11 is 1.18. The van der Waals surface area contributed by atoms with Crippen molar-refractivity contribution < 1.29 is 4.79 Å². The van der Waals surface area contributed by atoms with Crippen LogP contribution in [0.2, 0.25) is 0 Å². The van der Waals surface area contributed by atoms with Crippen LogP contribution in [0.1, 0.15) is 28.7 Å². The molecule has 6 heteroatoms. The smallest absolute Gasteiger partial charge is 0.267 e. The minimum atomic E-state index is 0.0369. The molecule has 1 aromatic heterocycles. The Labute approximate surface area is 92.4 Å². The Morgan fingerprint density at radius 1 is 1.73 bits per heavy atom. The third-order valence-corrected chi connectivity index (χ3v) is 3.35. The zero-order valence-electron chi connectivity index (χ0n) is 8.64. The fourth-order valence-electron chi connectivity index (χ4n) is 1.72. The number of hydrogen-bond donors (Lipinski definition) is 1. The van der Waals surface area contributed by atoms with Crippen molar-refractivity contribution in [1.82, 2.24) is 14.5 Å².